The minimum Gasteiger partial charge on any atom is -0.506 e. The van der Waals surface area contributed by atoms with Crippen LogP contribution in [0.3, 0.4) is 0 Å². The van der Waals surface area contributed by atoms with Gasteiger partial charge in [0.1, 0.15) is 5.75 Å². The van der Waals surface area contributed by atoms with E-state index in [0.717, 1.165) is 4.47 Å². The average Bonchev–Trinajstić information content (AvgIpc) is 2.10. The van der Waals surface area contributed by atoms with Gasteiger partial charge in [-0.3, -0.25) is 0 Å². The fourth-order valence-electron chi connectivity index (χ4n) is 0.967. The first-order valence-electron chi connectivity index (χ1n) is 3.62. The molecule has 0 saturated heterocycles. The van der Waals surface area contributed by atoms with Crippen molar-refractivity contribution >= 4 is 44.3 Å². The monoisotopic (exact) mass is 341 g/mol. The Morgan fingerprint density at radius 3 is 2.50 bits per heavy atom. The zero-order valence-corrected chi connectivity index (χ0v) is 11.2. The Labute approximate surface area is 106 Å². The molecular weight excluding hydrogens is 333 g/mol. The fourth-order valence-corrected chi connectivity index (χ4v) is 2.23. The molecule has 0 aliphatic carbocycles. The van der Waals surface area contributed by atoms with Gasteiger partial charge in [0, 0.05) is 10.0 Å². The number of phenols is 1. The number of benzene rings is 1. The summed E-state index contributed by atoms with van der Waals surface area (Å²) >= 11 is 6.54. The number of nitrogens with two attached hydrogens (primary N) is 1. The van der Waals surface area contributed by atoms with Crippen LogP contribution in [0.4, 0.5) is 0 Å². The predicted molar refractivity (Wildman–Crippen MR) is 67.9 cm³/mol. The summed E-state index contributed by atoms with van der Waals surface area (Å²) in [7, 11) is 0. The van der Waals surface area contributed by atoms with Gasteiger partial charge < -0.3 is 10.8 Å². The number of rotatable bonds is 2. The van der Waals surface area contributed by atoms with Crippen LogP contribution in [-0.4, -0.2) is 5.11 Å². The van der Waals surface area contributed by atoms with Gasteiger partial charge in [0.25, 0.3) is 0 Å². The molecule has 1 atom stereocenters. The van der Waals surface area contributed by atoms with Crippen molar-refractivity contribution in [3.05, 3.63) is 39.3 Å². The van der Waals surface area contributed by atoms with E-state index in [1.54, 1.807) is 18.2 Å². The largest absolute Gasteiger partial charge is 0.506 e. The van der Waals surface area contributed by atoms with Gasteiger partial charge in [0.2, 0.25) is 0 Å². The molecule has 0 amide bonds. The van der Waals surface area contributed by atoms with Crippen LogP contribution in [-0.2, 0) is 0 Å². The molecule has 0 heterocycles. The van der Waals surface area contributed by atoms with E-state index in [2.05, 4.69) is 38.4 Å². The van der Waals surface area contributed by atoms with Crippen LogP contribution in [0, 0.1) is 0 Å². The van der Waals surface area contributed by atoms with E-state index in [1.165, 1.54) is 0 Å². The van der Waals surface area contributed by atoms with Gasteiger partial charge in [-0.2, -0.15) is 0 Å². The summed E-state index contributed by atoms with van der Waals surface area (Å²) in [6.07, 6.45) is 1.58. The van der Waals surface area contributed by atoms with Gasteiger partial charge in [-0.15, -0.1) is 19.0 Å². The lowest BCUT2D eigenvalue weighted by Gasteiger charge is -2.10. The van der Waals surface area contributed by atoms with Crippen molar-refractivity contribution in [3.63, 3.8) is 0 Å². The molecule has 0 aliphatic heterocycles. The maximum Gasteiger partial charge on any atom is 0.134 e. The van der Waals surface area contributed by atoms with Crippen molar-refractivity contribution in [3.8, 4) is 5.75 Å². The molecule has 14 heavy (non-hydrogen) atoms. The SMILES string of the molecule is C=C[C@H](N)c1cc(Br)cc(Br)c1O.Cl. The van der Waals surface area contributed by atoms with Gasteiger partial charge in [-0.25, -0.2) is 0 Å². The maximum absolute atomic E-state index is 9.63. The highest BCUT2D eigenvalue weighted by atomic mass is 79.9. The Morgan fingerprint density at radius 1 is 1.43 bits per heavy atom. The molecule has 5 heteroatoms. The molecule has 2 nitrogen and oxygen atoms in total. The molecule has 0 spiro atoms. The molecule has 0 aromatic heterocycles. The van der Waals surface area contributed by atoms with E-state index in [4.69, 9.17) is 5.73 Å². The molecule has 3 N–H and O–H groups in total. The van der Waals surface area contributed by atoms with Crippen LogP contribution in [0.2, 0.25) is 0 Å². The summed E-state index contributed by atoms with van der Waals surface area (Å²) in [6, 6.07) is 3.18. The third-order valence-corrected chi connectivity index (χ3v) is 2.73. The molecule has 0 unspecified atom stereocenters. The first-order chi connectivity index (χ1) is 6.06. The Kier molecular flexibility index (Phi) is 5.74. The zero-order valence-electron chi connectivity index (χ0n) is 7.21. The standard InChI is InChI=1S/C9H9Br2NO.ClH/c1-2-8(12)6-3-5(10)4-7(11)9(6)13;/h2-4,8,13H,1,12H2;1H/t8-;/m0./s1. The van der Waals surface area contributed by atoms with E-state index in [1.807, 2.05) is 0 Å². The third-order valence-electron chi connectivity index (χ3n) is 1.67. The lowest BCUT2D eigenvalue weighted by molar-refractivity contribution is 0.462. The van der Waals surface area contributed by atoms with Gasteiger partial charge >= 0.3 is 0 Å². The molecular formula is C9H10Br2ClNO. The van der Waals surface area contributed by atoms with Crippen molar-refractivity contribution < 1.29 is 5.11 Å². The van der Waals surface area contributed by atoms with Crippen LogP contribution < -0.4 is 5.73 Å². The van der Waals surface area contributed by atoms with Crippen LogP contribution >= 0.6 is 44.3 Å². The Morgan fingerprint density at radius 2 is 2.00 bits per heavy atom. The van der Waals surface area contributed by atoms with Gasteiger partial charge in [-0.1, -0.05) is 22.0 Å². The molecule has 0 fully saturated rings. The summed E-state index contributed by atoms with van der Waals surface area (Å²) in [5.74, 6) is 0.163. The second kappa shape index (κ2) is 5.75. The molecule has 0 saturated carbocycles. The molecule has 78 valence electrons. The maximum atomic E-state index is 9.63. The van der Waals surface area contributed by atoms with E-state index in [-0.39, 0.29) is 24.2 Å². The molecule has 1 rings (SSSR count). The van der Waals surface area contributed by atoms with Gasteiger partial charge in [0.05, 0.1) is 10.5 Å². The summed E-state index contributed by atoms with van der Waals surface area (Å²) in [5, 5.41) is 9.63. The van der Waals surface area contributed by atoms with Gasteiger partial charge in [-0.05, 0) is 28.1 Å². The molecule has 1 aromatic rings. The third kappa shape index (κ3) is 2.98. The number of hydrogen-bond donors (Lipinski definition) is 2. The minimum absolute atomic E-state index is 0. The smallest absolute Gasteiger partial charge is 0.134 e. The summed E-state index contributed by atoms with van der Waals surface area (Å²) in [6.45, 7) is 3.57. The quantitative estimate of drug-likeness (QED) is 0.807. The van der Waals surface area contributed by atoms with Crippen LogP contribution in [0.1, 0.15) is 11.6 Å². The number of halogens is 3. The number of phenolic OH excluding ortho intramolecular Hbond substituents is 1. The van der Waals surface area contributed by atoms with E-state index in [0.29, 0.717) is 10.0 Å². The van der Waals surface area contributed by atoms with Crippen molar-refractivity contribution in [2.24, 2.45) is 5.73 Å². The number of aromatic hydroxyl groups is 1. The second-order valence-corrected chi connectivity index (χ2v) is 4.36. The van der Waals surface area contributed by atoms with Crippen molar-refractivity contribution in [1.29, 1.82) is 0 Å². The van der Waals surface area contributed by atoms with Crippen molar-refractivity contribution in [1.82, 2.24) is 0 Å². The lowest BCUT2D eigenvalue weighted by atomic mass is 10.1. The van der Waals surface area contributed by atoms with Gasteiger partial charge in [0.15, 0.2) is 0 Å². The highest BCUT2D eigenvalue weighted by molar-refractivity contribution is 9.11. The van der Waals surface area contributed by atoms with Crippen LogP contribution in [0.15, 0.2) is 33.7 Å². The number of hydrogen-bond acceptors (Lipinski definition) is 2. The van der Waals surface area contributed by atoms with E-state index in [9.17, 15) is 5.11 Å². The summed E-state index contributed by atoms with van der Waals surface area (Å²) in [5.41, 5.74) is 6.36. The topological polar surface area (TPSA) is 46.2 Å². The van der Waals surface area contributed by atoms with Crippen molar-refractivity contribution in [2.45, 2.75) is 6.04 Å². The van der Waals surface area contributed by atoms with Crippen LogP contribution in [0.5, 0.6) is 5.75 Å². The highest BCUT2D eigenvalue weighted by Crippen LogP contribution is 2.34. The normalized spacial score (nSPS) is 11.6. The van der Waals surface area contributed by atoms with Crippen molar-refractivity contribution in [2.75, 3.05) is 0 Å². The summed E-state index contributed by atoms with van der Waals surface area (Å²) in [4.78, 5) is 0. The molecule has 0 radical (unpaired) electrons. The second-order valence-electron chi connectivity index (χ2n) is 2.59. The molecule has 0 bridgehead atoms. The predicted octanol–water partition coefficient (Wildman–Crippen LogP) is 3.52. The fraction of sp³-hybridized carbons (Fsp3) is 0.111. The minimum atomic E-state index is -0.353. The zero-order chi connectivity index (χ0) is 10.0. The average molecular weight is 343 g/mol. The first kappa shape index (κ1) is 14.0. The Bertz CT molecular complexity index is 344. The Balaban J connectivity index is 0.00000169. The molecule has 0 aliphatic rings. The van der Waals surface area contributed by atoms with E-state index >= 15 is 0 Å². The highest BCUT2D eigenvalue weighted by Gasteiger charge is 2.11. The van der Waals surface area contributed by atoms with Crippen LogP contribution in [0.25, 0.3) is 0 Å². The molecule has 1 aromatic carbocycles. The Hall–Kier alpha value is -0.0300. The first-order valence-corrected chi connectivity index (χ1v) is 5.21. The lowest BCUT2D eigenvalue weighted by Crippen LogP contribution is -2.06. The summed E-state index contributed by atoms with van der Waals surface area (Å²) < 4.78 is 1.48. The van der Waals surface area contributed by atoms with E-state index < -0.39 is 0 Å².